The molecule has 2 saturated carbocycles. The van der Waals surface area contributed by atoms with Crippen molar-refractivity contribution in [2.75, 3.05) is 7.11 Å². The van der Waals surface area contributed by atoms with Gasteiger partial charge in [0.25, 0.3) is 0 Å². The van der Waals surface area contributed by atoms with E-state index in [-0.39, 0.29) is 24.1 Å². The Morgan fingerprint density at radius 1 is 0.944 bits per heavy atom. The van der Waals surface area contributed by atoms with E-state index in [0.29, 0.717) is 6.10 Å². The fourth-order valence-corrected chi connectivity index (χ4v) is 2.96. The van der Waals surface area contributed by atoms with Gasteiger partial charge in [-0.05, 0) is 51.4 Å². The molecule has 0 aromatic carbocycles. The Hall–Kier alpha value is -0.610. The summed E-state index contributed by atoms with van der Waals surface area (Å²) in [4.78, 5) is 12.0. The lowest BCUT2D eigenvalue weighted by atomic mass is 9.87. The third-order valence-electron chi connectivity index (χ3n) is 4.27. The quantitative estimate of drug-likeness (QED) is 0.785. The highest BCUT2D eigenvalue weighted by Crippen LogP contribution is 2.28. The molecule has 0 aliphatic heterocycles. The molecule has 18 heavy (non-hydrogen) atoms. The topological polar surface area (TPSA) is 55.8 Å². The normalized spacial score (nSPS) is 37.2. The Balaban J connectivity index is 1.71. The lowest BCUT2D eigenvalue weighted by Crippen LogP contribution is -2.32. The molecule has 2 aliphatic carbocycles. The van der Waals surface area contributed by atoms with Gasteiger partial charge < -0.3 is 14.6 Å². The van der Waals surface area contributed by atoms with E-state index >= 15 is 0 Å². The number of carbonyl (C=O) groups is 1. The number of aliphatic hydroxyl groups is 1. The van der Waals surface area contributed by atoms with Crippen LogP contribution in [0.3, 0.4) is 0 Å². The number of esters is 1. The maximum atomic E-state index is 12.0. The summed E-state index contributed by atoms with van der Waals surface area (Å²) in [6.45, 7) is 0. The summed E-state index contributed by atoms with van der Waals surface area (Å²) in [7, 11) is 1.74. The van der Waals surface area contributed by atoms with Gasteiger partial charge in [0.05, 0.1) is 18.1 Å². The molecule has 1 N–H and O–H groups in total. The maximum Gasteiger partial charge on any atom is 0.309 e. The summed E-state index contributed by atoms with van der Waals surface area (Å²) in [5, 5.41) is 9.42. The summed E-state index contributed by atoms with van der Waals surface area (Å²) >= 11 is 0. The lowest BCUT2D eigenvalue weighted by Gasteiger charge is -2.30. The molecule has 0 amide bonds. The summed E-state index contributed by atoms with van der Waals surface area (Å²) in [6, 6.07) is 0. The molecule has 0 atom stereocenters. The maximum absolute atomic E-state index is 12.0. The van der Waals surface area contributed by atoms with Gasteiger partial charge in [-0.15, -0.1) is 0 Å². The van der Waals surface area contributed by atoms with Crippen LogP contribution < -0.4 is 0 Å². The highest BCUT2D eigenvalue weighted by Gasteiger charge is 2.30. The molecule has 4 nitrogen and oxygen atoms in total. The van der Waals surface area contributed by atoms with Crippen LogP contribution in [-0.2, 0) is 14.3 Å². The minimum absolute atomic E-state index is 0.00792. The van der Waals surface area contributed by atoms with Crippen LogP contribution in [0.1, 0.15) is 51.4 Å². The van der Waals surface area contributed by atoms with Crippen molar-refractivity contribution in [3.63, 3.8) is 0 Å². The van der Waals surface area contributed by atoms with Gasteiger partial charge in [-0.1, -0.05) is 0 Å². The van der Waals surface area contributed by atoms with Crippen LogP contribution >= 0.6 is 0 Å². The highest BCUT2D eigenvalue weighted by atomic mass is 16.5. The first-order valence-electron chi connectivity index (χ1n) is 7.10. The third kappa shape index (κ3) is 3.69. The van der Waals surface area contributed by atoms with E-state index in [9.17, 15) is 9.90 Å². The zero-order valence-corrected chi connectivity index (χ0v) is 11.1. The van der Waals surface area contributed by atoms with Crippen molar-refractivity contribution in [2.24, 2.45) is 5.92 Å². The van der Waals surface area contributed by atoms with Gasteiger partial charge in [-0.3, -0.25) is 4.79 Å². The minimum atomic E-state index is -0.216. The first-order chi connectivity index (χ1) is 8.69. The summed E-state index contributed by atoms with van der Waals surface area (Å²) in [5.74, 6) is -0.0451. The molecule has 0 heterocycles. The molecule has 0 spiro atoms. The molecule has 0 aromatic heterocycles. The summed E-state index contributed by atoms with van der Waals surface area (Å²) in [5.41, 5.74) is 0. The fraction of sp³-hybridized carbons (Fsp3) is 0.929. The van der Waals surface area contributed by atoms with Crippen molar-refractivity contribution < 1.29 is 19.4 Å². The average molecular weight is 256 g/mol. The number of aliphatic hydroxyl groups excluding tert-OH is 1. The molecule has 0 aromatic rings. The van der Waals surface area contributed by atoms with E-state index in [4.69, 9.17) is 9.47 Å². The minimum Gasteiger partial charge on any atom is -0.462 e. The molecule has 2 aliphatic rings. The van der Waals surface area contributed by atoms with Crippen LogP contribution in [-0.4, -0.2) is 36.5 Å². The Bertz CT molecular complexity index is 263. The van der Waals surface area contributed by atoms with Gasteiger partial charge in [-0.2, -0.15) is 0 Å². The zero-order chi connectivity index (χ0) is 13.0. The second-order valence-electron chi connectivity index (χ2n) is 5.58. The summed E-state index contributed by atoms with van der Waals surface area (Å²) < 4.78 is 10.9. The number of hydrogen-bond acceptors (Lipinski definition) is 4. The Morgan fingerprint density at radius 3 is 2.06 bits per heavy atom. The molecule has 0 saturated heterocycles. The monoisotopic (exact) mass is 256 g/mol. The van der Waals surface area contributed by atoms with Crippen LogP contribution in [0, 0.1) is 5.92 Å². The molecular weight excluding hydrogens is 232 g/mol. The van der Waals surface area contributed by atoms with E-state index in [1.54, 1.807) is 7.11 Å². The van der Waals surface area contributed by atoms with Crippen molar-refractivity contribution in [3.05, 3.63) is 0 Å². The number of ether oxygens (including phenoxy) is 2. The van der Waals surface area contributed by atoms with Gasteiger partial charge in [0, 0.05) is 7.11 Å². The van der Waals surface area contributed by atoms with Crippen molar-refractivity contribution in [2.45, 2.75) is 69.7 Å². The average Bonchev–Trinajstić information content (AvgIpc) is 2.40. The van der Waals surface area contributed by atoms with Crippen molar-refractivity contribution in [3.8, 4) is 0 Å². The van der Waals surface area contributed by atoms with Gasteiger partial charge in [0.1, 0.15) is 6.10 Å². The predicted octanol–water partition coefficient (Wildman–Crippen LogP) is 2.04. The van der Waals surface area contributed by atoms with Crippen molar-refractivity contribution in [1.29, 1.82) is 0 Å². The van der Waals surface area contributed by atoms with Crippen molar-refractivity contribution >= 4 is 5.97 Å². The van der Waals surface area contributed by atoms with Gasteiger partial charge in [0.2, 0.25) is 0 Å². The Kier molecular flexibility index (Phi) is 5.01. The van der Waals surface area contributed by atoms with Crippen LogP contribution in [0.25, 0.3) is 0 Å². The molecule has 0 bridgehead atoms. The van der Waals surface area contributed by atoms with Crippen LogP contribution in [0.5, 0.6) is 0 Å². The molecule has 2 rings (SSSR count). The molecular formula is C14H24O4. The number of rotatable bonds is 3. The smallest absolute Gasteiger partial charge is 0.309 e. The first kappa shape index (κ1) is 13.8. The molecule has 2 fully saturated rings. The Labute approximate surface area is 109 Å². The third-order valence-corrected chi connectivity index (χ3v) is 4.27. The van der Waals surface area contributed by atoms with Gasteiger partial charge in [0.15, 0.2) is 0 Å². The number of methoxy groups -OCH3 is 1. The molecule has 0 radical (unpaired) electrons. The van der Waals surface area contributed by atoms with Crippen LogP contribution in [0.4, 0.5) is 0 Å². The molecule has 104 valence electrons. The fourth-order valence-electron chi connectivity index (χ4n) is 2.96. The van der Waals surface area contributed by atoms with E-state index in [0.717, 1.165) is 51.4 Å². The standard InChI is InChI=1S/C14H24O4/c1-17-12-6-8-13(9-7-12)18-14(16)10-2-4-11(15)5-3-10/h10-13,15H,2-9H2,1H3. The summed E-state index contributed by atoms with van der Waals surface area (Å²) in [6.07, 6.45) is 7.01. The molecule has 0 unspecified atom stereocenters. The number of hydrogen-bond donors (Lipinski definition) is 1. The van der Waals surface area contributed by atoms with E-state index in [1.807, 2.05) is 0 Å². The SMILES string of the molecule is COC1CCC(OC(=O)C2CCC(O)CC2)CC1. The first-order valence-corrected chi connectivity index (χ1v) is 7.10. The Morgan fingerprint density at radius 2 is 1.50 bits per heavy atom. The van der Waals surface area contributed by atoms with E-state index in [2.05, 4.69) is 0 Å². The predicted molar refractivity (Wildman–Crippen MR) is 67.1 cm³/mol. The largest absolute Gasteiger partial charge is 0.462 e. The zero-order valence-electron chi connectivity index (χ0n) is 11.1. The van der Waals surface area contributed by atoms with Gasteiger partial charge >= 0.3 is 5.97 Å². The highest BCUT2D eigenvalue weighted by molar-refractivity contribution is 5.72. The van der Waals surface area contributed by atoms with E-state index in [1.165, 1.54) is 0 Å². The lowest BCUT2D eigenvalue weighted by molar-refractivity contribution is -0.158. The van der Waals surface area contributed by atoms with Crippen LogP contribution in [0.15, 0.2) is 0 Å². The van der Waals surface area contributed by atoms with E-state index < -0.39 is 0 Å². The van der Waals surface area contributed by atoms with Crippen molar-refractivity contribution in [1.82, 2.24) is 0 Å². The van der Waals surface area contributed by atoms with Gasteiger partial charge in [-0.25, -0.2) is 0 Å². The second-order valence-corrected chi connectivity index (χ2v) is 5.58. The number of carbonyl (C=O) groups excluding carboxylic acids is 1. The molecule has 4 heteroatoms. The van der Waals surface area contributed by atoms with Crippen LogP contribution in [0.2, 0.25) is 0 Å². The second kappa shape index (κ2) is 6.53.